The molecule has 384 valence electrons. The topological polar surface area (TPSA) is 237 Å². The van der Waals surface area contributed by atoms with Crippen LogP contribution in [-0.2, 0) is 65.4 Å². The lowest BCUT2D eigenvalue weighted by Gasteiger charge is -2.21. The third-order valence-corrected chi connectivity index (χ3v) is 12.3. The minimum absolute atomic E-state index is 0.0516. The van der Waals surface area contributed by atoms with Crippen LogP contribution in [-0.4, -0.2) is 96.7 Å². The van der Waals surface area contributed by atoms with Crippen LogP contribution in [0.5, 0.6) is 0 Å². The first-order valence-corrected chi connectivity index (χ1v) is 27.8. The van der Waals surface area contributed by atoms with Crippen molar-refractivity contribution in [3.63, 3.8) is 0 Å². The van der Waals surface area contributed by atoms with Crippen LogP contribution in [0.4, 0.5) is 0 Å². The lowest BCUT2D eigenvalue weighted by atomic mass is 10.0. The number of carbonyl (C=O) groups excluding carboxylic acids is 4. The molecule has 19 heteroatoms. The van der Waals surface area contributed by atoms with Crippen LogP contribution in [0, 0.1) is 0 Å². The van der Waals surface area contributed by atoms with E-state index in [-0.39, 0.29) is 25.7 Å². The number of phosphoric acid groups is 2. The maximum Gasteiger partial charge on any atom is 0.472 e. The maximum atomic E-state index is 12.6. The third kappa shape index (κ3) is 41.9. The zero-order valence-corrected chi connectivity index (χ0v) is 42.2. The molecule has 3 N–H and O–H groups in total. The standard InChI is InChI=1S/C46H88O17P2/c1-5-9-12-14-16-17-18-19-20-21-22-23-25-27-30-33-45(50)62-41(36-56-43(48)8-4)38-60-64(52,53)58-34-40(47)35-59-65(54,55)61-39-42(37-57-44(49)31-28-11-7-3)63-46(51)32-29-26-24-15-13-10-6-2/h40-42,47H,5-39H2,1-4H3,(H,52,53)(H,54,55)/t40-,41-,42-/m1/s1. The van der Waals surface area contributed by atoms with Crippen LogP contribution in [0.1, 0.15) is 214 Å². The second kappa shape index (κ2) is 42.2. The van der Waals surface area contributed by atoms with Gasteiger partial charge < -0.3 is 33.8 Å². The maximum absolute atomic E-state index is 12.6. The molecule has 0 aliphatic rings. The number of esters is 4. The Balaban J connectivity index is 4.79. The predicted octanol–water partition coefficient (Wildman–Crippen LogP) is 10.9. The molecular formula is C46H88O17P2. The average Bonchev–Trinajstić information content (AvgIpc) is 3.27. The van der Waals surface area contributed by atoms with Gasteiger partial charge in [-0.15, -0.1) is 0 Å². The van der Waals surface area contributed by atoms with Crippen molar-refractivity contribution in [3.8, 4) is 0 Å². The molecule has 0 spiro atoms. The molecule has 0 aromatic heterocycles. The Morgan fingerprint density at radius 2 is 0.662 bits per heavy atom. The van der Waals surface area contributed by atoms with Crippen molar-refractivity contribution in [2.24, 2.45) is 0 Å². The lowest BCUT2D eigenvalue weighted by molar-refractivity contribution is -0.161. The molecule has 17 nitrogen and oxygen atoms in total. The fourth-order valence-corrected chi connectivity index (χ4v) is 8.07. The van der Waals surface area contributed by atoms with E-state index in [4.69, 9.17) is 37.0 Å². The molecule has 5 atom stereocenters. The van der Waals surface area contributed by atoms with Crippen molar-refractivity contribution in [1.29, 1.82) is 0 Å². The Labute approximate surface area is 390 Å². The van der Waals surface area contributed by atoms with Crippen molar-refractivity contribution in [3.05, 3.63) is 0 Å². The molecule has 0 amide bonds. The van der Waals surface area contributed by atoms with Crippen molar-refractivity contribution < 1.29 is 80.2 Å². The number of aliphatic hydroxyl groups excluding tert-OH is 1. The van der Waals surface area contributed by atoms with Crippen LogP contribution in [0.25, 0.3) is 0 Å². The Morgan fingerprint density at radius 1 is 0.385 bits per heavy atom. The first-order valence-electron chi connectivity index (χ1n) is 24.8. The molecule has 0 heterocycles. The van der Waals surface area contributed by atoms with Gasteiger partial charge in [0.25, 0.3) is 0 Å². The second-order valence-electron chi connectivity index (χ2n) is 16.7. The Bertz CT molecular complexity index is 1300. The summed E-state index contributed by atoms with van der Waals surface area (Å²) in [5, 5.41) is 10.3. The highest BCUT2D eigenvalue weighted by atomic mass is 31.2. The van der Waals surface area contributed by atoms with E-state index in [1.807, 2.05) is 6.92 Å². The number of hydrogen-bond acceptors (Lipinski definition) is 15. The monoisotopic (exact) mass is 975 g/mol. The Hall–Kier alpha value is -1.94. The fourth-order valence-electron chi connectivity index (χ4n) is 6.49. The molecule has 0 aromatic rings. The molecule has 0 bridgehead atoms. The van der Waals surface area contributed by atoms with E-state index in [1.165, 1.54) is 64.2 Å². The molecule has 0 fully saturated rings. The summed E-state index contributed by atoms with van der Waals surface area (Å²) >= 11 is 0. The summed E-state index contributed by atoms with van der Waals surface area (Å²) in [7, 11) is -9.80. The lowest BCUT2D eigenvalue weighted by Crippen LogP contribution is -2.30. The van der Waals surface area contributed by atoms with Gasteiger partial charge in [0.15, 0.2) is 12.2 Å². The molecule has 0 saturated carbocycles. The van der Waals surface area contributed by atoms with Gasteiger partial charge in [0.1, 0.15) is 19.3 Å². The van der Waals surface area contributed by atoms with E-state index in [9.17, 15) is 43.2 Å². The number of hydrogen-bond donors (Lipinski definition) is 3. The van der Waals surface area contributed by atoms with Gasteiger partial charge >= 0.3 is 39.5 Å². The van der Waals surface area contributed by atoms with Gasteiger partial charge in [-0.1, -0.05) is 169 Å². The summed E-state index contributed by atoms with van der Waals surface area (Å²) in [6, 6.07) is 0. The minimum Gasteiger partial charge on any atom is -0.462 e. The van der Waals surface area contributed by atoms with Crippen LogP contribution >= 0.6 is 15.6 Å². The molecule has 0 aliphatic carbocycles. The molecule has 0 saturated heterocycles. The minimum atomic E-state index is -4.90. The van der Waals surface area contributed by atoms with Gasteiger partial charge in [0.05, 0.1) is 26.4 Å². The summed E-state index contributed by atoms with van der Waals surface area (Å²) < 4.78 is 65.9. The molecule has 0 aromatic carbocycles. The quantitative estimate of drug-likeness (QED) is 0.0222. The molecule has 2 unspecified atom stereocenters. The zero-order valence-electron chi connectivity index (χ0n) is 40.4. The van der Waals surface area contributed by atoms with Crippen LogP contribution in [0.2, 0.25) is 0 Å². The number of unbranched alkanes of at least 4 members (excludes halogenated alkanes) is 22. The highest BCUT2D eigenvalue weighted by molar-refractivity contribution is 7.47. The second-order valence-corrected chi connectivity index (χ2v) is 19.7. The van der Waals surface area contributed by atoms with Crippen molar-refractivity contribution >= 4 is 39.5 Å². The number of ether oxygens (including phenoxy) is 4. The van der Waals surface area contributed by atoms with Gasteiger partial charge in [-0.05, 0) is 19.3 Å². The third-order valence-electron chi connectivity index (χ3n) is 10.4. The molecule has 0 aliphatic heterocycles. The summed E-state index contributed by atoms with van der Waals surface area (Å²) in [4.78, 5) is 69.6. The van der Waals surface area contributed by atoms with E-state index in [2.05, 4.69) is 13.8 Å². The Morgan fingerprint density at radius 3 is 1.02 bits per heavy atom. The number of rotatable bonds is 47. The van der Waals surface area contributed by atoms with Crippen molar-refractivity contribution in [1.82, 2.24) is 0 Å². The average molecular weight is 975 g/mol. The number of carbonyl (C=O) groups is 4. The van der Waals surface area contributed by atoms with Gasteiger partial charge in [0, 0.05) is 25.7 Å². The number of aliphatic hydroxyl groups is 1. The van der Waals surface area contributed by atoms with Crippen molar-refractivity contribution in [2.75, 3.05) is 39.6 Å². The summed E-state index contributed by atoms with van der Waals surface area (Å²) in [5.74, 6) is -2.28. The SMILES string of the molecule is CCCCCCCCCCCCCCCCCC(=O)O[C@H](COC(=O)CC)COP(=O)(O)OC[C@@H](O)COP(=O)(O)OC[C@@H](COC(=O)CCCCC)OC(=O)CCCCCCCCC. The zero-order chi connectivity index (χ0) is 48.4. The van der Waals surface area contributed by atoms with Gasteiger partial charge in [-0.2, -0.15) is 0 Å². The smallest absolute Gasteiger partial charge is 0.462 e. The van der Waals surface area contributed by atoms with E-state index < -0.39 is 97.5 Å². The van der Waals surface area contributed by atoms with Gasteiger partial charge in [-0.3, -0.25) is 37.3 Å². The summed E-state index contributed by atoms with van der Waals surface area (Å²) in [5.41, 5.74) is 0. The molecular weight excluding hydrogens is 886 g/mol. The summed E-state index contributed by atoms with van der Waals surface area (Å²) in [6.07, 6.45) is 23.2. The van der Waals surface area contributed by atoms with E-state index in [1.54, 1.807) is 6.92 Å². The molecule has 0 rings (SSSR count). The molecule has 65 heavy (non-hydrogen) atoms. The fraction of sp³-hybridized carbons (Fsp3) is 0.913. The first kappa shape index (κ1) is 63.1. The normalized spacial score (nSPS) is 14.8. The highest BCUT2D eigenvalue weighted by Gasteiger charge is 2.30. The van der Waals surface area contributed by atoms with Crippen LogP contribution in [0.15, 0.2) is 0 Å². The van der Waals surface area contributed by atoms with E-state index in [0.717, 1.165) is 77.0 Å². The highest BCUT2D eigenvalue weighted by Crippen LogP contribution is 2.45. The molecule has 0 radical (unpaired) electrons. The van der Waals surface area contributed by atoms with E-state index >= 15 is 0 Å². The van der Waals surface area contributed by atoms with Crippen LogP contribution < -0.4 is 0 Å². The Kier molecular flexibility index (Phi) is 40.9. The summed E-state index contributed by atoms with van der Waals surface area (Å²) in [6.45, 7) is 3.93. The van der Waals surface area contributed by atoms with Crippen molar-refractivity contribution in [2.45, 2.75) is 232 Å². The van der Waals surface area contributed by atoms with Gasteiger partial charge in [0.2, 0.25) is 0 Å². The first-order chi connectivity index (χ1) is 31.2. The predicted molar refractivity (Wildman–Crippen MR) is 248 cm³/mol. The van der Waals surface area contributed by atoms with Gasteiger partial charge in [-0.25, -0.2) is 9.13 Å². The number of phosphoric ester groups is 2. The largest absolute Gasteiger partial charge is 0.472 e. The van der Waals surface area contributed by atoms with E-state index in [0.29, 0.717) is 19.3 Å². The van der Waals surface area contributed by atoms with Crippen LogP contribution in [0.3, 0.4) is 0 Å².